The summed E-state index contributed by atoms with van der Waals surface area (Å²) in [5.74, 6) is 0.553. The van der Waals surface area contributed by atoms with Gasteiger partial charge in [0.2, 0.25) is 11.8 Å². The van der Waals surface area contributed by atoms with Crippen LogP contribution in [0, 0.1) is 0 Å². The van der Waals surface area contributed by atoms with Crippen molar-refractivity contribution in [2.45, 2.75) is 26.2 Å². The molecule has 130 valence electrons. The van der Waals surface area contributed by atoms with E-state index in [2.05, 4.69) is 26.3 Å². The molecular formula is C17H25N5O2. The number of hydrogen-bond donors (Lipinski definition) is 4. The number of carbonyl (C=O) groups is 2. The molecule has 0 spiro atoms. The van der Waals surface area contributed by atoms with Crippen molar-refractivity contribution in [3.63, 3.8) is 0 Å². The van der Waals surface area contributed by atoms with Crippen LogP contribution in [0.4, 0.5) is 5.69 Å². The lowest BCUT2D eigenvalue weighted by Crippen LogP contribution is -2.41. The van der Waals surface area contributed by atoms with E-state index in [9.17, 15) is 9.59 Å². The first-order chi connectivity index (χ1) is 11.6. The quantitative estimate of drug-likeness (QED) is 0.458. The molecule has 0 fully saturated rings. The van der Waals surface area contributed by atoms with Gasteiger partial charge < -0.3 is 21.3 Å². The van der Waals surface area contributed by atoms with E-state index in [4.69, 9.17) is 0 Å². The lowest BCUT2D eigenvalue weighted by molar-refractivity contribution is -0.119. The number of guanidine groups is 1. The highest BCUT2D eigenvalue weighted by Crippen LogP contribution is 2.31. The molecule has 7 heteroatoms. The van der Waals surface area contributed by atoms with Gasteiger partial charge in [0.1, 0.15) is 6.54 Å². The van der Waals surface area contributed by atoms with Gasteiger partial charge in [-0.05, 0) is 25.5 Å². The molecule has 0 saturated carbocycles. The fraction of sp³-hybridized carbons (Fsp3) is 0.471. The molecule has 1 aliphatic rings. The van der Waals surface area contributed by atoms with E-state index in [1.165, 1.54) is 0 Å². The Labute approximate surface area is 142 Å². The fourth-order valence-electron chi connectivity index (χ4n) is 2.65. The molecule has 0 aromatic heterocycles. The molecule has 0 bridgehead atoms. The first-order valence-electron chi connectivity index (χ1n) is 8.31. The number of benzene rings is 1. The summed E-state index contributed by atoms with van der Waals surface area (Å²) in [7, 11) is 0. The van der Waals surface area contributed by atoms with Crippen molar-refractivity contribution in [3.8, 4) is 0 Å². The molecule has 0 aliphatic carbocycles. The van der Waals surface area contributed by atoms with E-state index in [0.29, 0.717) is 32.0 Å². The number of para-hydroxylation sites is 1. The molecular weight excluding hydrogens is 306 g/mol. The Bertz CT molecular complexity index is 615. The Hall–Kier alpha value is -2.57. The van der Waals surface area contributed by atoms with Crippen LogP contribution in [-0.2, 0) is 9.59 Å². The van der Waals surface area contributed by atoms with Gasteiger partial charge in [0.05, 0.1) is 0 Å². The normalized spacial score (nSPS) is 16.8. The maximum Gasteiger partial charge on any atom is 0.241 e. The van der Waals surface area contributed by atoms with Crippen molar-refractivity contribution in [2.24, 2.45) is 4.99 Å². The van der Waals surface area contributed by atoms with Crippen molar-refractivity contribution in [1.82, 2.24) is 16.0 Å². The Balaban J connectivity index is 2.00. The minimum Gasteiger partial charge on any atom is -0.357 e. The number of likely N-dealkylation sites (N-methyl/N-ethyl adjacent to an activating group) is 1. The topological polar surface area (TPSA) is 94.6 Å². The molecule has 1 atom stereocenters. The first kappa shape index (κ1) is 17.8. The van der Waals surface area contributed by atoms with Crippen molar-refractivity contribution in [1.29, 1.82) is 0 Å². The zero-order valence-electron chi connectivity index (χ0n) is 14.2. The van der Waals surface area contributed by atoms with Gasteiger partial charge in [-0.1, -0.05) is 18.2 Å². The second kappa shape index (κ2) is 8.90. The third-order valence-corrected chi connectivity index (χ3v) is 3.72. The maximum absolute atomic E-state index is 11.9. The molecule has 1 unspecified atom stereocenters. The largest absolute Gasteiger partial charge is 0.357 e. The second-order valence-electron chi connectivity index (χ2n) is 5.57. The SMILES string of the molecule is CCNC(=O)CN=C(NCC)NCC1CC(=O)Nc2ccccc21. The van der Waals surface area contributed by atoms with Gasteiger partial charge in [0.15, 0.2) is 5.96 Å². The summed E-state index contributed by atoms with van der Waals surface area (Å²) < 4.78 is 0. The number of carbonyl (C=O) groups excluding carboxylic acids is 2. The zero-order chi connectivity index (χ0) is 17.4. The van der Waals surface area contributed by atoms with E-state index in [-0.39, 0.29) is 24.3 Å². The minimum absolute atomic E-state index is 0.0183. The number of nitrogens with one attached hydrogen (secondary N) is 4. The molecule has 0 radical (unpaired) electrons. The summed E-state index contributed by atoms with van der Waals surface area (Å²) >= 11 is 0. The van der Waals surface area contributed by atoms with Gasteiger partial charge in [-0.25, -0.2) is 4.99 Å². The highest BCUT2D eigenvalue weighted by Gasteiger charge is 2.24. The highest BCUT2D eigenvalue weighted by atomic mass is 16.2. The van der Waals surface area contributed by atoms with Crippen LogP contribution < -0.4 is 21.3 Å². The summed E-state index contributed by atoms with van der Waals surface area (Å²) in [6.45, 7) is 5.77. The van der Waals surface area contributed by atoms with Crippen molar-refractivity contribution >= 4 is 23.5 Å². The predicted molar refractivity (Wildman–Crippen MR) is 95.1 cm³/mol. The van der Waals surface area contributed by atoms with E-state index < -0.39 is 0 Å². The number of aliphatic imine (C=N–C) groups is 1. The average Bonchev–Trinajstić information content (AvgIpc) is 2.57. The van der Waals surface area contributed by atoms with Crippen LogP contribution in [0.15, 0.2) is 29.3 Å². The summed E-state index contributed by atoms with van der Waals surface area (Å²) in [6.07, 6.45) is 0.430. The summed E-state index contributed by atoms with van der Waals surface area (Å²) in [5, 5.41) is 11.9. The second-order valence-corrected chi connectivity index (χ2v) is 5.57. The molecule has 2 rings (SSSR count). The van der Waals surface area contributed by atoms with Gasteiger partial charge in [0.25, 0.3) is 0 Å². The van der Waals surface area contributed by atoms with Gasteiger partial charge in [-0.2, -0.15) is 0 Å². The lowest BCUT2D eigenvalue weighted by Gasteiger charge is -2.26. The van der Waals surface area contributed by atoms with Crippen LogP contribution >= 0.6 is 0 Å². The Kier molecular flexibility index (Phi) is 6.60. The third kappa shape index (κ3) is 4.97. The van der Waals surface area contributed by atoms with Gasteiger partial charge in [-0.3, -0.25) is 9.59 Å². The standard InChI is InChI=1S/C17H25N5O2/c1-3-18-16(24)11-21-17(19-4-2)20-10-12-9-15(23)22-14-8-6-5-7-13(12)14/h5-8,12H,3-4,9-11H2,1-2H3,(H,18,24)(H,22,23)(H2,19,20,21). The van der Waals surface area contributed by atoms with Crippen LogP contribution in [-0.4, -0.2) is 44.0 Å². The van der Waals surface area contributed by atoms with E-state index in [0.717, 1.165) is 11.3 Å². The molecule has 7 nitrogen and oxygen atoms in total. The van der Waals surface area contributed by atoms with Crippen molar-refractivity contribution in [3.05, 3.63) is 29.8 Å². The first-order valence-corrected chi connectivity index (χ1v) is 8.31. The number of hydrogen-bond acceptors (Lipinski definition) is 3. The van der Waals surface area contributed by atoms with Crippen LogP contribution in [0.5, 0.6) is 0 Å². The number of anilines is 1. The summed E-state index contributed by atoms with van der Waals surface area (Å²) in [6, 6.07) is 7.82. The van der Waals surface area contributed by atoms with Crippen LogP contribution in [0.3, 0.4) is 0 Å². The highest BCUT2D eigenvalue weighted by molar-refractivity contribution is 5.94. The minimum atomic E-state index is -0.114. The number of amides is 2. The summed E-state index contributed by atoms with van der Waals surface area (Å²) in [4.78, 5) is 27.7. The van der Waals surface area contributed by atoms with E-state index >= 15 is 0 Å². The molecule has 1 aromatic carbocycles. The van der Waals surface area contributed by atoms with Crippen molar-refractivity contribution < 1.29 is 9.59 Å². The Morgan fingerprint density at radius 1 is 1.21 bits per heavy atom. The number of rotatable bonds is 6. The van der Waals surface area contributed by atoms with Crippen LogP contribution in [0.2, 0.25) is 0 Å². The molecule has 1 aliphatic heterocycles. The van der Waals surface area contributed by atoms with E-state index in [1.807, 2.05) is 38.1 Å². The molecule has 2 amide bonds. The van der Waals surface area contributed by atoms with E-state index in [1.54, 1.807) is 0 Å². The lowest BCUT2D eigenvalue weighted by atomic mass is 9.90. The van der Waals surface area contributed by atoms with Crippen LogP contribution in [0.25, 0.3) is 0 Å². The monoisotopic (exact) mass is 331 g/mol. The molecule has 1 heterocycles. The van der Waals surface area contributed by atoms with Crippen LogP contribution in [0.1, 0.15) is 31.7 Å². The number of nitrogens with zero attached hydrogens (tertiary/aromatic N) is 1. The van der Waals surface area contributed by atoms with Gasteiger partial charge in [0, 0.05) is 37.7 Å². The van der Waals surface area contributed by atoms with Gasteiger partial charge >= 0.3 is 0 Å². The Morgan fingerprint density at radius 3 is 2.71 bits per heavy atom. The Morgan fingerprint density at radius 2 is 1.96 bits per heavy atom. The summed E-state index contributed by atoms with van der Waals surface area (Å²) in [5.41, 5.74) is 1.98. The molecule has 0 saturated heterocycles. The van der Waals surface area contributed by atoms with Crippen molar-refractivity contribution in [2.75, 3.05) is 31.5 Å². The fourth-order valence-corrected chi connectivity index (χ4v) is 2.65. The predicted octanol–water partition coefficient (Wildman–Crippen LogP) is 0.804. The smallest absolute Gasteiger partial charge is 0.241 e. The average molecular weight is 331 g/mol. The van der Waals surface area contributed by atoms with Gasteiger partial charge in [-0.15, -0.1) is 0 Å². The zero-order valence-corrected chi connectivity index (χ0v) is 14.2. The molecule has 24 heavy (non-hydrogen) atoms. The molecule has 4 N–H and O–H groups in total. The third-order valence-electron chi connectivity index (χ3n) is 3.72. The maximum atomic E-state index is 11.9. The number of fused-ring (bicyclic) bond motifs is 1. The molecule has 1 aromatic rings.